The third kappa shape index (κ3) is 3.72. The van der Waals surface area contributed by atoms with Crippen LogP contribution in [0.1, 0.15) is 30.9 Å². The van der Waals surface area contributed by atoms with E-state index in [4.69, 9.17) is 10.6 Å². The van der Waals surface area contributed by atoms with Crippen molar-refractivity contribution in [2.75, 3.05) is 19.5 Å². The molecule has 1 aliphatic rings. The predicted octanol–water partition coefficient (Wildman–Crippen LogP) is 2.73. The molecule has 0 bridgehead atoms. The number of hydrogen-bond acceptors (Lipinski definition) is 4. The molecule has 0 radical (unpaired) electrons. The molecule has 3 nitrogen and oxygen atoms in total. The number of nitrogens with one attached hydrogen (secondary N) is 1. The van der Waals surface area contributed by atoms with E-state index in [0.717, 1.165) is 38.4 Å². The van der Waals surface area contributed by atoms with Crippen LogP contribution in [-0.2, 0) is 4.74 Å². The zero-order chi connectivity index (χ0) is 12.8. The molecule has 2 rings (SSSR count). The molecule has 1 fully saturated rings. The second-order valence-corrected chi connectivity index (χ2v) is 5.66. The normalized spacial score (nSPS) is 18.8. The van der Waals surface area contributed by atoms with Gasteiger partial charge in [-0.3, -0.25) is 11.3 Å². The summed E-state index contributed by atoms with van der Waals surface area (Å²) in [6.45, 7) is 1.79. The van der Waals surface area contributed by atoms with Crippen LogP contribution < -0.4 is 11.3 Å². The van der Waals surface area contributed by atoms with Crippen LogP contribution in [0.15, 0.2) is 29.2 Å². The van der Waals surface area contributed by atoms with E-state index in [1.807, 2.05) is 0 Å². The second kappa shape index (κ2) is 7.14. The van der Waals surface area contributed by atoms with Gasteiger partial charge >= 0.3 is 0 Å². The van der Waals surface area contributed by atoms with Crippen LogP contribution in [0.3, 0.4) is 0 Å². The Hall–Kier alpha value is -0.550. The van der Waals surface area contributed by atoms with Crippen molar-refractivity contribution in [3.63, 3.8) is 0 Å². The van der Waals surface area contributed by atoms with Crippen molar-refractivity contribution in [1.29, 1.82) is 0 Å². The maximum atomic E-state index is 5.71. The summed E-state index contributed by atoms with van der Waals surface area (Å²) in [4.78, 5) is 1.29. The summed E-state index contributed by atoms with van der Waals surface area (Å²) in [5.41, 5.74) is 4.23. The van der Waals surface area contributed by atoms with Crippen LogP contribution in [0.4, 0.5) is 0 Å². The van der Waals surface area contributed by atoms with Gasteiger partial charge in [0.25, 0.3) is 0 Å². The number of benzene rings is 1. The van der Waals surface area contributed by atoms with Crippen molar-refractivity contribution < 1.29 is 4.74 Å². The van der Waals surface area contributed by atoms with Gasteiger partial charge in [-0.2, -0.15) is 0 Å². The molecule has 1 aliphatic heterocycles. The van der Waals surface area contributed by atoms with E-state index in [-0.39, 0.29) is 6.04 Å². The Kier molecular flexibility index (Phi) is 5.50. The Balaban J connectivity index is 1.97. The first kappa shape index (κ1) is 13.9. The molecule has 4 heteroatoms. The summed E-state index contributed by atoms with van der Waals surface area (Å²) < 4.78 is 5.40. The maximum absolute atomic E-state index is 5.71. The molecule has 3 N–H and O–H groups in total. The number of rotatable bonds is 5. The quantitative estimate of drug-likeness (QED) is 0.489. The molecule has 1 saturated heterocycles. The third-order valence-electron chi connectivity index (χ3n) is 3.63. The van der Waals surface area contributed by atoms with Crippen LogP contribution in [0.5, 0.6) is 0 Å². The van der Waals surface area contributed by atoms with E-state index in [1.54, 1.807) is 11.8 Å². The molecule has 1 atom stereocenters. The van der Waals surface area contributed by atoms with E-state index in [2.05, 4.69) is 35.9 Å². The van der Waals surface area contributed by atoms with Crippen molar-refractivity contribution in [1.82, 2.24) is 5.43 Å². The monoisotopic (exact) mass is 266 g/mol. The van der Waals surface area contributed by atoms with Crippen molar-refractivity contribution in [3.8, 4) is 0 Å². The van der Waals surface area contributed by atoms with Gasteiger partial charge in [0, 0.05) is 24.2 Å². The summed E-state index contributed by atoms with van der Waals surface area (Å²) in [5, 5.41) is 0. The lowest BCUT2D eigenvalue weighted by molar-refractivity contribution is 0.0605. The fourth-order valence-corrected chi connectivity index (χ4v) is 2.86. The van der Waals surface area contributed by atoms with E-state index >= 15 is 0 Å². The average Bonchev–Trinajstić information content (AvgIpc) is 2.46. The molecule has 18 heavy (non-hydrogen) atoms. The van der Waals surface area contributed by atoms with Crippen LogP contribution in [-0.4, -0.2) is 19.5 Å². The first-order valence-electron chi connectivity index (χ1n) is 6.51. The summed E-state index contributed by atoms with van der Waals surface area (Å²) in [5.74, 6) is 6.43. The Morgan fingerprint density at radius 1 is 1.33 bits per heavy atom. The first-order valence-corrected chi connectivity index (χ1v) is 7.73. The van der Waals surface area contributed by atoms with Gasteiger partial charge in [0.1, 0.15) is 0 Å². The predicted molar refractivity (Wildman–Crippen MR) is 76.4 cm³/mol. The third-order valence-corrected chi connectivity index (χ3v) is 4.37. The van der Waals surface area contributed by atoms with Gasteiger partial charge in [-0.1, -0.05) is 12.1 Å². The minimum absolute atomic E-state index is 0.254. The Bertz CT molecular complexity index is 349. The fraction of sp³-hybridized carbons (Fsp3) is 0.571. The summed E-state index contributed by atoms with van der Waals surface area (Å²) in [6, 6.07) is 8.93. The van der Waals surface area contributed by atoms with E-state index in [9.17, 15) is 0 Å². The van der Waals surface area contributed by atoms with Crippen molar-refractivity contribution >= 4 is 11.8 Å². The topological polar surface area (TPSA) is 47.3 Å². The SMILES string of the molecule is CSc1ccc(C(CC2CCOCC2)NN)cc1. The Labute approximate surface area is 113 Å². The number of thioether (sulfide) groups is 1. The number of hydrazine groups is 1. The molecule has 100 valence electrons. The Morgan fingerprint density at radius 2 is 2.00 bits per heavy atom. The van der Waals surface area contributed by atoms with E-state index in [0.29, 0.717) is 0 Å². The van der Waals surface area contributed by atoms with Gasteiger partial charge in [0.15, 0.2) is 0 Å². The molecule has 1 aromatic carbocycles. The van der Waals surface area contributed by atoms with Crippen molar-refractivity contribution in [2.45, 2.75) is 30.2 Å². The Morgan fingerprint density at radius 3 is 2.56 bits per heavy atom. The van der Waals surface area contributed by atoms with Gasteiger partial charge in [-0.05, 0) is 49.1 Å². The lowest BCUT2D eigenvalue weighted by Crippen LogP contribution is -2.31. The highest BCUT2D eigenvalue weighted by atomic mass is 32.2. The minimum atomic E-state index is 0.254. The molecular weight excluding hydrogens is 244 g/mol. The van der Waals surface area contributed by atoms with Gasteiger partial charge in [0.05, 0.1) is 0 Å². The highest BCUT2D eigenvalue weighted by Gasteiger charge is 2.19. The lowest BCUT2D eigenvalue weighted by atomic mass is 9.90. The highest BCUT2D eigenvalue weighted by molar-refractivity contribution is 7.98. The molecule has 0 aliphatic carbocycles. The fourth-order valence-electron chi connectivity index (χ4n) is 2.45. The highest BCUT2D eigenvalue weighted by Crippen LogP contribution is 2.28. The number of ether oxygens (including phenoxy) is 1. The summed E-state index contributed by atoms with van der Waals surface area (Å²) >= 11 is 1.76. The molecule has 0 amide bonds. The van der Waals surface area contributed by atoms with Crippen LogP contribution in [0, 0.1) is 5.92 Å². The average molecular weight is 266 g/mol. The van der Waals surface area contributed by atoms with Crippen LogP contribution >= 0.6 is 11.8 Å². The van der Waals surface area contributed by atoms with Gasteiger partial charge in [-0.15, -0.1) is 11.8 Å². The minimum Gasteiger partial charge on any atom is -0.381 e. The van der Waals surface area contributed by atoms with Gasteiger partial charge in [-0.25, -0.2) is 0 Å². The van der Waals surface area contributed by atoms with Crippen LogP contribution in [0.25, 0.3) is 0 Å². The smallest absolute Gasteiger partial charge is 0.0468 e. The van der Waals surface area contributed by atoms with Crippen molar-refractivity contribution in [2.24, 2.45) is 11.8 Å². The van der Waals surface area contributed by atoms with Gasteiger partial charge < -0.3 is 4.74 Å². The zero-order valence-electron chi connectivity index (χ0n) is 10.9. The second-order valence-electron chi connectivity index (χ2n) is 4.78. The molecule has 1 aromatic rings. The van der Waals surface area contributed by atoms with Crippen LogP contribution in [0.2, 0.25) is 0 Å². The molecule has 0 aromatic heterocycles. The van der Waals surface area contributed by atoms with Gasteiger partial charge in [0.2, 0.25) is 0 Å². The largest absolute Gasteiger partial charge is 0.381 e. The number of hydrogen-bond donors (Lipinski definition) is 2. The molecule has 0 saturated carbocycles. The van der Waals surface area contributed by atoms with E-state index < -0.39 is 0 Å². The molecule has 0 spiro atoms. The molecule has 1 heterocycles. The molecule has 1 unspecified atom stereocenters. The van der Waals surface area contributed by atoms with Crippen molar-refractivity contribution in [3.05, 3.63) is 29.8 Å². The number of nitrogens with two attached hydrogens (primary N) is 1. The standard InChI is InChI=1S/C14H22N2OS/c1-18-13-4-2-12(3-5-13)14(16-15)10-11-6-8-17-9-7-11/h2-5,11,14,16H,6-10,15H2,1H3. The molecular formula is C14H22N2OS. The first-order chi connectivity index (χ1) is 8.83. The maximum Gasteiger partial charge on any atom is 0.0468 e. The lowest BCUT2D eigenvalue weighted by Gasteiger charge is -2.26. The summed E-state index contributed by atoms with van der Waals surface area (Å²) in [6.07, 6.45) is 5.50. The zero-order valence-corrected chi connectivity index (χ0v) is 11.7. The van der Waals surface area contributed by atoms with E-state index in [1.165, 1.54) is 10.5 Å². The summed E-state index contributed by atoms with van der Waals surface area (Å²) in [7, 11) is 0.